The summed E-state index contributed by atoms with van der Waals surface area (Å²) in [6, 6.07) is 16.5. The van der Waals surface area contributed by atoms with Gasteiger partial charge in [0.2, 0.25) is 0 Å². The number of methoxy groups -OCH3 is 1. The minimum absolute atomic E-state index is 0.172. The number of hydrogen-bond donors (Lipinski definition) is 3. The topological polar surface area (TPSA) is 122 Å². The molecule has 1 aliphatic carbocycles. The summed E-state index contributed by atoms with van der Waals surface area (Å²) in [5.41, 5.74) is -2.57. The molecule has 2 saturated heterocycles. The van der Waals surface area contributed by atoms with Crippen molar-refractivity contribution in [3.05, 3.63) is 71.8 Å². The van der Waals surface area contributed by atoms with Gasteiger partial charge in [-0.3, -0.25) is 19.2 Å². The molecule has 200 valence electrons. The molecule has 0 aromatic heterocycles. The van der Waals surface area contributed by atoms with Gasteiger partial charge >= 0.3 is 5.97 Å². The lowest BCUT2D eigenvalue weighted by atomic mass is 9.59. The highest BCUT2D eigenvalue weighted by Crippen LogP contribution is 2.64. The van der Waals surface area contributed by atoms with Gasteiger partial charge in [-0.05, 0) is 43.5 Å². The number of benzene rings is 2. The number of ketones is 1. The third kappa shape index (κ3) is 4.23. The van der Waals surface area contributed by atoms with E-state index in [2.05, 4.69) is 10.6 Å². The lowest BCUT2D eigenvalue weighted by Crippen LogP contribution is -2.82. The monoisotopic (exact) mass is 554 g/mol. The zero-order valence-electron chi connectivity index (χ0n) is 21.0. The molecule has 3 fully saturated rings. The van der Waals surface area contributed by atoms with Crippen LogP contribution in [0.2, 0.25) is 0 Å². The van der Waals surface area contributed by atoms with Crippen LogP contribution in [0.3, 0.4) is 0 Å². The second kappa shape index (κ2) is 10.4. The third-order valence-electron chi connectivity index (χ3n) is 8.00. The van der Waals surface area contributed by atoms with Gasteiger partial charge in [0.25, 0.3) is 11.8 Å². The number of ether oxygens (including phenoxy) is 1. The molecule has 3 N–H and O–H groups in total. The summed E-state index contributed by atoms with van der Waals surface area (Å²) in [4.78, 5) is 52.4. The smallest absolute Gasteiger partial charge is 0.305 e. The maximum absolute atomic E-state index is 13.9. The van der Waals surface area contributed by atoms with Gasteiger partial charge in [0.05, 0.1) is 23.1 Å². The van der Waals surface area contributed by atoms with Gasteiger partial charge in [0.1, 0.15) is 11.1 Å². The number of hydrogen-bond acceptors (Lipinski definition) is 8. The number of thioether (sulfide) groups is 2. The fourth-order valence-electron chi connectivity index (χ4n) is 6.10. The average Bonchev–Trinajstić information content (AvgIpc) is 3.36. The highest BCUT2D eigenvalue weighted by molar-refractivity contribution is 8.02. The first-order chi connectivity index (χ1) is 18.3. The molecule has 0 spiro atoms. The zero-order valence-corrected chi connectivity index (χ0v) is 22.6. The Morgan fingerprint density at radius 2 is 1.66 bits per heavy atom. The van der Waals surface area contributed by atoms with Crippen molar-refractivity contribution in [2.75, 3.05) is 18.6 Å². The molecule has 5 unspecified atom stereocenters. The first-order valence-electron chi connectivity index (χ1n) is 12.6. The van der Waals surface area contributed by atoms with E-state index in [1.165, 1.54) is 30.6 Å². The van der Waals surface area contributed by atoms with Crippen LogP contribution in [0, 0.1) is 0 Å². The van der Waals surface area contributed by atoms with Crippen LogP contribution < -0.4 is 10.6 Å². The van der Waals surface area contributed by atoms with Gasteiger partial charge in [0.15, 0.2) is 5.78 Å². The summed E-state index contributed by atoms with van der Waals surface area (Å²) < 4.78 is 3.95. The molecule has 10 heteroatoms. The van der Waals surface area contributed by atoms with Crippen molar-refractivity contribution in [1.29, 1.82) is 0 Å². The summed E-state index contributed by atoms with van der Waals surface area (Å²) in [5.74, 6) is -0.829. The Balaban J connectivity index is 1.54. The molecule has 2 aliphatic heterocycles. The first-order valence-corrected chi connectivity index (χ1v) is 14.6. The fourth-order valence-corrected chi connectivity index (χ4v) is 9.76. The van der Waals surface area contributed by atoms with E-state index in [1.807, 2.05) is 6.07 Å². The van der Waals surface area contributed by atoms with Gasteiger partial charge in [0, 0.05) is 29.1 Å². The van der Waals surface area contributed by atoms with Gasteiger partial charge < -0.3 is 20.5 Å². The standard InChI is InChI=1S/C28H30N2O6S2/c1-36-22(31)13-8-14-26-15-20-23(32)27(17-37-20,30-25(34)19-11-6-3-7-12-19)28(26,35)21(16-38-26)29-24(33)18-9-4-2-5-10-18/h2-7,9-12,20-21,35H,8,13-17H2,1H3,(H,29,33)(H,30,34). The maximum atomic E-state index is 13.9. The number of aliphatic hydroxyl groups is 1. The molecule has 0 radical (unpaired) electrons. The number of esters is 1. The van der Waals surface area contributed by atoms with E-state index in [9.17, 15) is 24.3 Å². The Labute approximate surface area is 229 Å². The molecule has 2 aromatic carbocycles. The summed E-state index contributed by atoms with van der Waals surface area (Å²) in [5, 5.41) is 18.4. The normalized spacial score (nSPS) is 31.4. The van der Waals surface area contributed by atoms with Crippen LogP contribution in [-0.2, 0) is 14.3 Å². The zero-order chi connectivity index (χ0) is 27.0. The van der Waals surface area contributed by atoms with Crippen LogP contribution in [0.1, 0.15) is 46.4 Å². The molecule has 2 heterocycles. The molecule has 3 aliphatic rings. The Hall–Kier alpha value is -2.82. The maximum Gasteiger partial charge on any atom is 0.305 e. The van der Waals surface area contributed by atoms with E-state index in [-0.39, 0.29) is 29.8 Å². The van der Waals surface area contributed by atoms with E-state index in [4.69, 9.17) is 4.74 Å². The molecular formula is C28H30N2O6S2. The molecule has 2 amide bonds. The number of carbonyl (C=O) groups excluding carboxylic acids is 4. The number of amides is 2. The van der Waals surface area contributed by atoms with Crippen molar-refractivity contribution < 1.29 is 29.0 Å². The molecule has 38 heavy (non-hydrogen) atoms. The minimum atomic E-state index is -1.78. The highest BCUT2D eigenvalue weighted by Gasteiger charge is 2.78. The lowest BCUT2D eigenvalue weighted by Gasteiger charge is -2.56. The minimum Gasteiger partial charge on any atom is -0.469 e. The number of nitrogens with one attached hydrogen (secondary N) is 2. The van der Waals surface area contributed by atoms with Gasteiger partial charge in [-0.2, -0.15) is 0 Å². The summed E-state index contributed by atoms with van der Waals surface area (Å²) in [7, 11) is 1.33. The van der Waals surface area contributed by atoms with E-state index < -0.39 is 33.1 Å². The first kappa shape index (κ1) is 26.8. The third-order valence-corrected chi connectivity index (χ3v) is 11.1. The molecular weight excluding hydrogens is 524 g/mol. The van der Waals surface area contributed by atoms with Gasteiger partial charge in [-0.25, -0.2) is 0 Å². The van der Waals surface area contributed by atoms with E-state index in [1.54, 1.807) is 54.6 Å². The van der Waals surface area contributed by atoms with E-state index in [0.29, 0.717) is 36.1 Å². The molecule has 5 atom stereocenters. The number of Topliss-reactive ketones (excluding diaryl/α,β-unsaturated/α-hetero) is 1. The predicted molar refractivity (Wildman–Crippen MR) is 146 cm³/mol. The molecule has 8 nitrogen and oxygen atoms in total. The van der Waals surface area contributed by atoms with Crippen molar-refractivity contribution in [2.24, 2.45) is 0 Å². The highest BCUT2D eigenvalue weighted by atomic mass is 32.2. The van der Waals surface area contributed by atoms with Crippen molar-refractivity contribution in [1.82, 2.24) is 10.6 Å². The summed E-state index contributed by atoms with van der Waals surface area (Å²) >= 11 is 2.95. The SMILES string of the molecule is COC(=O)CCCC12CC3SCC(NC(=O)c4ccccc4)(C3=O)C1(O)C(NC(=O)c1ccccc1)CS2. The van der Waals surface area contributed by atoms with Crippen LogP contribution in [0.25, 0.3) is 0 Å². The van der Waals surface area contributed by atoms with Crippen molar-refractivity contribution in [2.45, 2.75) is 52.9 Å². The van der Waals surface area contributed by atoms with Crippen LogP contribution in [0.5, 0.6) is 0 Å². The molecule has 2 bridgehead atoms. The number of rotatable bonds is 8. The predicted octanol–water partition coefficient (Wildman–Crippen LogP) is 2.60. The Bertz CT molecular complexity index is 1240. The van der Waals surface area contributed by atoms with Crippen molar-refractivity contribution in [3.8, 4) is 0 Å². The fraction of sp³-hybridized carbons (Fsp3) is 0.429. The second-order valence-corrected chi connectivity index (χ2v) is 12.6. The summed E-state index contributed by atoms with van der Waals surface area (Å²) in [6.07, 6.45) is 1.43. The van der Waals surface area contributed by atoms with E-state index >= 15 is 0 Å². The summed E-state index contributed by atoms with van der Waals surface area (Å²) in [6.45, 7) is 0. The number of carbonyl (C=O) groups is 4. The Morgan fingerprint density at radius 3 is 2.29 bits per heavy atom. The van der Waals surface area contributed by atoms with Crippen LogP contribution in [0.15, 0.2) is 60.7 Å². The Morgan fingerprint density at radius 1 is 1.03 bits per heavy atom. The molecule has 1 saturated carbocycles. The second-order valence-electron chi connectivity index (χ2n) is 9.99. The molecule has 5 rings (SSSR count). The Kier molecular flexibility index (Phi) is 7.32. The molecule has 2 aromatic rings. The van der Waals surface area contributed by atoms with Gasteiger partial charge in [-0.1, -0.05) is 36.4 Å². The van der Waals surface area contributed by atoms with Crippen molar-refractivity contribution in [3.63, 3.8) is 0 Å². The average molecular weight is 555 g/mol. The largest absolute Gasteiger partial charge is 0.469 e. The van der Waals surface area contributed by atoms with Crippen LogP contribution in [0.4, 0.5) is 0 Å². The van der Waals surface area contributed by atoms with Crippen LogP contribution in [-0.4, -0.2) is 74.5 Å². The van der Waals surface area contributed by atoms with E-state index in [0.717, 1.165) is 0 Å². The lowest BCUT2D eigenvalue weighted by molar-refractivity contribution is -0.150. The quantitative estimate of drug-likeness (QED) is 0.426. The van der Waals surface area contributed by atoms with Crippen molar-refractivity contribution >= 4 is 47.1 Å². The number of fused-ring (bicyclic) bond motifs is 4. The van der Waals surface area contributed by atoms with Gasteiger partial charge in [-0.15, -0.1) is 23.5 Å². The van der Waals surface area contributed by atoms with Crippen LogP contribution >= 0.6 is 23.5 Å².